The largest absolute Gasteiger partial charge is 0.476 e. The zero-order chi connectivity index (χ0) is 6.85. The molecule has 0 amide bonds. The Labute approximate surface area is 50.1 Å². The van der Waals surface area contributed by atoms with E-state index < -0.39 is 5.97 Å². The van der Waals surface area contributed by atoms with Gasteiger partial charge in [0, 0.05) is 0 Å². The molecular formula is C4H4N2O3. The molecule has 0 bridgehead atoms. The molecule has 5 heteroatoms. The highest BCUT2D eigenvalue weighted by Crippen LogP contribution is 2.01. The van der Waals surface area contributed by atoms with Gasteiger partial charge in [0.05, 0.1) is 0 Å². The van der Waals surface area contributed by atoms with E-state index in [-0.39, 0.29) is 11.7 Å². The number of aromatic carboxylic acids is 1. The fraction of sp³-hybridized carbons (Fsp3) is 0. The number of carboxylic acids is 1. The first-order chi connectivity index (χ1) is 4.20. The van der Waals surface area contributed by atoms with E-state index in [2.05, 4.69) is 9.40 Å². The van der Waals surface area contributed by atoms with Crippen LogP contribution in [0.2, 0.25) is 0 Å². The van der Waals surface area contributed by atoms with Crippen LogP contribution in [0.5, 0.6) is 0 Å². The molecule has 0 atom stereocenters. The van der Waals surface area contributed by atoms with E-state index in [4.69, 9.17) is 10.8 Å². The van der Waals surface area contributed by atoms with Gasteiger partial charge in [0.15, 0.2) is 5.69 Å². The summed E-state index contributed by atoms with van der Waals surface area (Å²) in [5.74, 6) is -1.14. The van der Waals surface area contributed by atoms with Crippen molar-refractivity contribution in [1.29, 1.82) is 0 Å². The van der Waals surface area contributed by atoms with Crippen molar-refractivity contribution in [3.05, 3.63) is 12.0 Å². The second-order valence-electron chi connectivity index (χ2n) is 1.38. The molecule has 5 nitrogen and oxygen atoms in total. The summed E-state index contributed by atoms with van der Waals surface area (Å²) in [5, 5.41) is 8.22. The van der Waals surface area contributed by atoms with Gasteiger partial charge in [-0.1, -0.05) is 0 Å². The van der Waals surface area contributed by atoms with Gasteiger partial charge in [0.25, 0.3) is 6.01 Å². The number of hydrogen-bond donors (Lipinski definition) is 2. The minimum atomic E-state index is -1.14. The maximum atomic E-state index is 10.0. The summed E-state index contributed by atoms with van der Waals surface area (Å²) in [6.45, 7) is 0. The molecule has 0 radical (unpaired) electrons. The molecule has 48 valence electrons. The molecule has 0 aliphatic carbocycles. The molecule has 0 aromatic carbocycles. The minimum Gasteiger partial charge on any atom is -0.476 e. The van der Waals surface area contributed by atoms with E-state index in [0.717, 1.165) is 6.26 Å². The van der Waals surface area contributed by atoms with E-state index in [0.29, 0.717) is 0 Å². The van der Waals surface area contributed by atoms with Crippen molar-refractivity contribution in [3.8, 4) is 0 Å². The standard InChI is InChI=1S/C4H4N2O3/c5-4-6-2(1-9-4)3(7)8/h1H,(H2,5,6)(H,7,8). The molecule has 0 saturated carbocycles. The molecular weight excluding hydrogens is 124 g/mol. The smallest absolute Gasteiger partial charge is 0.357 e. The average molecular weight is 128 g/mol. The van der Waals surface area contributed by atoms with Gasteiger partial charge in [-0.05, 0) is 0 Å². The van der Waals surface area contributed by atoms with E-state index in [1.807, 2.05) is 0 Å². The predicted molar refractivity (Wildman–Crippen MR) is 27.9 cm³/mol. The summed E-state index contributed by atoms with van der Waals surface area (Å²) in [6, 6.07) is -0.132. The van der Waals surface area contributed by atoms with Crippen molar-refractivity contribution in [1.82, 2.24) is 4.98 Å². The summed E-state index contributed by atoms with van der Waals surface area (Å²) in [6.07, 6.45) is 0.984. The Bertz CT molecular complexity index is 229. The van der Waals surface area contributed by atoms with Gasteiger partial charge in [-0.15, -0.1) is 0 Å². The SMILES string of the molecule is Nc1nc(C(=O)O)co1. The number of rotatable bonds is 1. The molecule has 0 saturated heterocycles. The van der Waals surface area contributed by atoms with Crippen LogP contribution in [0.15, 0.2) is 10.7 Å². The molecule has 3 N–H and O–H groups in total. The number of hydrogen-bond acceptors (Lipinski definition) is 4. The van der Waals surface area contributed by atoms with Crippen LogP contribution in [0.3, 0.4) is 0 Å². The first-order valence-electron chi connectivity index (χ1n) is 2.14. The molecule has 0 fully saturated rings. The number of oxazole rings is 1. The molecule has 1 rings (SSSR count). The lowest BCUT2D eigenvalue weighted by Gasteiger charge is -1.76. The highest BCUT2D eigenvalue weighted by Gasteiger charge is 2.06. The zero-order valence-corrected chi connectivity index (χ0v) is 4.37. The topological polar surface area (TPSA) is 89.3 Å². The van der Waals surface area contributed by atoms with Crippen molar-refractivity contribution in [2.45, 2.75) is 0 Å². The first-order valence-corrected chi connectivity index (χ1v) is 2.14. The molecule has 0 aliphatic heterocycles. The van der Waals surface area contributed by atoms with Gasteiger partial charge in [-0.3, -0.25) is 0 Å². The van der Waals surface area contributed by atoms with Gasteiger partial charge in [0.1, 0.15) is 6.26 Å². The maximum absolute atomic E-state index is 10.0. The maximum Gasteiger partial charge on any atom is 0.357 e. The molecule has 1 aromatic rings. The van der Waals surface area contributed by atoms with Crippen molar-refractivity contribution >= 4 is 12.0 Å². The Morgan fingerprint density at radius 3 is 2.78 bits per heavy atom. The number of nitrogens with two attached hydrogens (primary N) is 1. The Kier molecular flexibility index (Phi) is 1.11. The van der Waals surface area contributed by atoms with Crippen LogP contribution in [-0.4, -0.2) is 16.1 Å². The van der Waals surface area contributed by atoms with E-state index in [9.17, 15) is 4.79 Å². The Hall–Kier alpha value is -1.52. The first kappa shape index (κ1) is 5.61. The summed E-state index contributed by atoms with van der Waals surface area (Å²) in [7, 11) is 0. The van der Waals surface area contributed by atoms with Gasteiger partial charge in [-0.25, -0.2) is 4.79 Å². The number of carboxylic acid groups (broad SMARTS) is 1. The number of anilines is 1. The lowest BCUT2D eigenvalue weighted by Crippen LogP contribution is -1.96. The fourth-order valence-electron chi connectivity index (χ4n) is 0.386. The Morgan fingerprint density at radius 1 is 1.89 bits per heavy atom. The lowest BCUT2D eigenvalue weighted by molar-refractivity contribution is 0.0690. The third-order valence-electron chi connectivity index (χ3n) is 0.741. The van der Waals surface area contributed by atoms with Gasteiger partial charge in [0.2, 0.25) is 0 Å². The van der Waals surface area contributed by atoms with Crippen LogP contribution < -0.4 is 5.73 Å². The van der Waals surface area contributed by atoms with Gasteiger partial charge >= 0.3 is 5.97 Å². The zero-order valence-electron chi connectivity index (χ0n) is 4.37. The van der Waals surface area contributed by atoms with Gasteiger partial charge in [-0.2, -0.15) is 4.98 Å². The minimum absolute atomic E-state index is 0.132. The van der Waals surface area contributed by atoms with Crippen molar-refractivity contribution in [3.63, 3.8) is 0 Å². The van der Waals surface area contributed by atoms with E-state index in [1.165, 1.54) is 0 Å². The number of nitrogen functional groups attached to an aromatic ring is 1. The molecule has 0 spiro atoms. The quantitative estimate of drug-likeness (QED) is 0.553. The molecule has 0 unspecified atom stereocenters. The van der Waals surface area contributed by atoms with Crippen molar-refractivity contribution in [2.24, 2.45) is 0 Å². The summed E-state index contributed by atoms with van der Waals surface area (Å²) < 4.78 is 4.41. The highest BCUT2D eigenvalue weighted by molar-refractivity contribution is 5.85. The molecule has 1 heterocycles. The Balaban J connectivity index is 2.98. The third-order valence-corrected chi connectivity index (χ3v) is 0.741. The van der Waals surface area contributed by atoms with Crippen LogP contribution in [0.1, 0.15) is 10.5 Å². The molecule has 0 aliphatic rings. The van der Waals surface area contributed by atoms with Crippen LogP contribution in [0.25, 0.3) is 0 Å². The number of nitrogens with zero attached hydrogens (tertiary/aromatic N) is 1. The van der Waals surface area contributed by atoms with Crippen LogP contribution >= 0.6 is 0 Å². The molecule has 1 aromatic heterocycles. The van der Waals surface area contributed by atoms with Crippen LogP contribution in [0, 0.1) is 0 Å². The third kappa shape index (κ3) is 0.987. The second kappa shape index (κ2) is 1.77. The average Bonchev–Trinajstić information content (AvgIpc) is 2.14. The monoisotopic (exact) mass is 128 g/mol. The number of carbonyl (C=O) groups is 1. The van der Waals surface area contributed by atoms with E-state index >= 15 is 0 Å². The van der Waals surface area contributed by atoms with Crippen LogP contribution in [0.4, 0.5) is 6.01 Å². The molecule has 9 heavy (non-hydrogen) atoms. The van der Waals surface area contributed by atoms with Crippen molar-refractivity contribution in [2.75, 3.05) is 5.73 Å². The summed E-state index contributed by atoms with van der Waals surface area (Å²) in [5.41, 5.74) is 4.80. The summed E-state index contributed by atoms with van der Waals surface area (Å²) in [4.78, 5) is 13.4. The highest BCUT2D eigenvalue weighted by atomic mass is 16.4. The van der Waals surface area contributed by atoms with Gasteiger partial charge < -0.3 is 15.3 Å². The van der Waals surface area contributed by atoms with Crippen LogP contribution in [-0.2, 0) is 0 Å². The summed E-state index contributed by atoms with van der Waals surface area (Å²) >= 11 is 0. The van der Waals surface area contributed by atoms with E-state index in [1.54, 1.807) is 0 Å². The normalized spacial score (nSPS) is 9.33. The fourth-order valence-corrected chi connectivity index (χ4v) is 0.386. The Morgan fingerprint density at radius 2 is 2.56 bits per heavy atom. The number of aromatic nitrogens is 1. The second-order valence-corrected chi connectivity index (χ2v) is 1.38. The predicted octanol–water partition coefficient (Wildman–Crippen LogP) is -0.0450. The van der Waals surface area contributed by atoms with Crippen molar-refractivity contribution < 1.29 is 14.3 Å². The lowest BCUT2D eigenvalue weighted by atomic mass is 10.5.